The second kappa shape index (κ2) is 5.52. The van der Waals surface area contributed by atoms with Gasteiger partial charge in [-0.3, -0.25) is 4.79 Å². The van der Waals surface area contributed by atoms with Crippen molar-refractivity contribution in [3.63, 3.8) is 0 Å². The summed E-state index contributed by atoms with van der Waals surface area (Å²) in [6.45, 7) is 1.88. The molecule has 1 N–H and O–H groups in total. The van der Waals surface area contributed by atoms with Crippen molar-refractivity contribution in [3.8, 4) is 0 Å². The number of pyridine rings is 1. The zero-order valence-corrected chi connectivity index (χ0v) is 13.0. The first-order chi connectivity index (χ1) is 10.7. The topological polar surface area (TPSA) is 45.2 Å². The van der Waals surface area contributed by atoms with Crippen molar-refractivity contribution in [1.29, 1.82) is 0 Å². The Morgan fingerprint density at radius 2 is 2.00 bits per heavy atom. The molecule has 2 aromatic rings. The summed E-state index contributed by atoms with van der Waals surface area (Å²) < 4.78 is 0. The maximum absolute atomic E-state index is 12.9. The third kappa shape index (κ3) is 2.36. The Bertz CT molecular complexity index is 719. The third-order valence-electron chi connectivity index (χ3n) is 4.76. The maximum Gasteiger partial charge on any atom is 0.273 e. The molecule has 2 fully saturated rings. The van der Waals surface area contributed by atoms with Gasteiger partial charge in [0.05, 0.1) is 5.52 Å². The number of carbonyl (C=O) groups is 1. The minimum atomic E-state index is 0.0538. The lowest BCUT2D eigenvalue weighted by Crippen LogP contribution is -2.42. The fourth-order valence-corrected chi connectivity index (χ4v) is 3.82. The largest absolute Gasteiger partial charge is 0.330 e. The van der Waals surface area contributed by atoms with Crippen LogP contribution in [0.4, 0.5) is 0 Å². The minimum Gasteiger partial charge on any atom is -0.330 e. The van der Waals surface area contributed by atoms with E-state index in [0.717, 1.165) is 43.3 Å². The molecule has 2 atom stereocenters. The fraction of sp³-hybridized carbons (Fsp3) is 0.412. The number of carbonyl (C=O) groups excluding carboxylic acids is 1. The molecule has 22 heavy (non-hydrogen) atoms. The highest BCUT2D eigenvalue weighted by atomic mass is 35.5. The predicted octanol–water partition coefficient (Wildman–Crippen LogP) is 2.85. The summed E-state index contributed by atoms with van der Waals surface area (Å²) in [6, 6.07) is 10.0. The smallest absolute Gasteiger partial charge is 0.273 e. The normalized spacial score (nSPS) is 24.5. The van der Waals surface area contributed by atoms with E-state index < -0.39 is 0 Å². The van der Waals surface area contributed by atoms with Gasteiger partial charge < -0.3 is 10.2 Å². The van der Waals surface area contributed by atoms with Gasteiger partial charge in [0.25, 0.3) is 5.91 Å². The highest BCUT2D eigenvalue weighted by Crippen LogP contribution is 2.29. The van der Waals surface area contributed by atoms with E-state index >= 15 is 0 Å². The summed E-state index contributed by atoms with van der Waals surface area (Å²) in [5.41, 5.74) is 1.30. The van der Waals surface area contributed by atoms with Crippen LogP contribution in [0, 0.1) is 0 Å². The number of hydrogen-bond donors (Lipinski definition) is 1. The van der Waals surface area contributed by atoms with Gasteiger partial charge in [-0.25, -0.2) is 4.98 Å². The van der Waals surface area contributed by atoms with Crippen molar-refractivity contribution >= 4 is 28.4 Å². The first-order valence-corrected chi connectivity index (χ1v) is 8.20. The maximum atomic E-state index is 12.9. The summed E-state index contributed by atoms with van der Waals surface area (Å²) in [5, 5.41) is 5.06. The molecule has 2 aliphatic heterocycles. The molecule has 2 unspecified atom stereocenters. The van der Waals surface area contributed by atoms with Crippen molar-refractivity contribution in [2.24, 2.45) is 0 Å². The van der Waals surface area contributed by atoms with E-state index in [-0.39, 0.29) is 5.91 Å². The van der Waals surface area contributed by atoms with Crippen molar-refractivity contribution < 1.29 is 4.79 Å². The van der Waals surface area contributed by atoms with E-state index in [2.05, 4.69) is 15.2 Å². The molecule has 2 aliphatic rings. The van der Waals surface area contributed by atoms with Crippen LogP contribution in [0.3, 0.4) is 0 Å². The molecule has 1 amide bonds. The number of halogens is 1. The van der Waals surface area contributed by atoms with Crippen LogP contribution < -0.4 is 5.32 Å². The van der Waals surface area contributed by atoms with Crippen LogP contribution in [0.5, 0.6) is 0 Å². The van der Waals surface area contributed by atoms with E-state index in [1.54, 1.807) is 0 Å². The molecule has 0 aliphatic carbocycles. The van der Waals surface area contributed by atoms with E-state index in [0.29, 0.717) is 22.8 Å². The average molecular weight is 316 g/mol. The lowest BCUT2D eigenvalue weighted by atomic mass is 10.1. The lowest BCUT2D eigenvalue weighted by molar-refractivity contribution is 0.0674. The van der Waals surface area contributed by atoms with Crippen LogP contribution in [0.15, 0.2) is 30.3 Å². The van der Waals surface area contributed by atoms with Crippen LogP contribution in [-0.2, 0) is 0 Å². The molecule has 3 heterocycles. The molecule has 1 aromatic heterocycles. The van der Waals surface area contributed by atoms with Crippen molar-refractivity contribution in [2.75, 3.05) is 13.1 Å². The Morgan fingerprint density at radius 3 is 2.91 bits per heavy atom. The Labute approximate surface area is 134 Å². The third-order valence-corrected chi connectivity index (χ3v) is 5.00. The summed E-state index contributed by atoms with van der Waals surface area (Å²) in [7, 11) is 0. The summed E-state index contributed by atoms with van der Waals surface area (Å²) >= 11 is 6.03. The number of aromatic nitrogens is 1. The van der Waals surface area contributed by atoms with Crippen LogP contribution in [0.1, 0.15) is 29.8 Å². The molecule has 0 spiro atoms. The number of benzene rings is 1. The Kier molecular flexibility index (Phi) is 3.51. The van der Waals surface area contributed by atoms with Crippen LogP contribution in [0.25, 0.3) is 10.9 Å². The predicted molar refractivity (Wildman–Crippen MR) is 87.2 cm³/mol. The number of hydrogen-bond acceptors (Lipinski definition) is 3. The van der Waals surface area contributed by atoms with E-state index in [9.17, 15) is 4.79 Å². The van der Waals surface area contributed by atoms with Crippen molar-refractivity contribution in [3.05, 3.63) is 41.0 Å². The number of nitrogens with one attached hydrogen (secondary N) is 1. The van der Waals surface area contributed by atoms with Gasteiger partial charge in [-0.2, -0.15) is 0 Å². The van der Waals surface area contributed by atoms with Gasteiger partial charge in [-0.05, 0) is 44.0 Å². The molecule has 1 aromatic carbocycles. The summed E-state index contributed by atoms with van der Waals surface area (Å²) in [5.74, 6) is 0.0538. The molecule has 4 rings (SSSR count). The van der Waals surface area contributed by atoms with Crippen LogP contribution in [0.2, 0.25) is 5.02 Å². The quantitative estimate of drug-likeness (QED) is 0.880. The van der Waals surface area contributed by atoms with Gasteiger partial charge in [0.2, 0.25) is 0 Å². The van der Waals surface area contributed by atoms with Gasteiger partial charge in [-0.1, -0.05) is 23.7 Å². The van der Waals surface area contributed by atoms with Gasteiger partial charge in [0.15, 0.2) is 0 Å². The van der Waals surface area contributed by atoms with Crippen LogP contribution in [-0.4, -0.2) is 41.0 Å². The molecule has 2 bridgehead atoms. The second-order valence-corrected chi connectivity index (χ2v) is 6.56. The Balaban J connectivity index is 1.70. The molecular weight excluding hydrogens is 298 g/mol. The molecule has 5 heteroatoms. The van der Waals surface area contributed by atoms with Crippen LogP contribution >= 0.6 is 11.6 Å². The lowest BCUT2D eigenvalue weighted by Gasteiger charge is -2.27. The Morgan fingerprint density at radius 1 is 1.18 bits per heavy atom. The molecule has 114 valence electrons. The van der Waals surface area contributed by atoms with Gasteiger partial charge in [-0.15, -0.1) is 0 Å². The van der Waals surface area contributed by atoms with Crippen molar-refractivity contribution in [2.45, 2.75) is 31.3 Å². The van der Waals surface area contributed by atoms with E-state index in [1.165, 1.54) is 0 Å². The first-order valence-electron chi connectivity index (χ1n) is 7.82. The highest BCUT2D eigenvalue weighted by molar-refractivity contribution is 6.31. The minimum absolute atomic E-state index is 0.0538. The van der Waals surface area contributed by atoms with Crippen molar-refractivity contribution in [1.82, 2.24) is 15.2 Å². The summed E-state index contributed by atoms with van der Waals surface area (Å²) in [4.78, 5) is 19.5. The Hall–Kier alpha value is -1.65. The number of amides is 1. The zero-order chi connectivity index (χ0) is 15.1. The molecule has 4 nitrogen and oxygen atoms in total. The molecule has 0 saturated carbocycles. The van der Waals surface area contributed by atoms with E-state index in [1.807, 2.05) is 30.3 Å². The molecule has 0 radical (unpaired) electrons. The zero-order valence-electron chi connectivity index (χ0n) is 12.3. The fourth-order valence-electron chi connectivity index (χ4n) is 3.66. The SMILES string of the molecule is O=C(c1ccc2ccc(Cl)cc2n1)N1C2CCNCC1CC2. The van der Waals surface area contributed by atoms with Gasteiger partial charge >= 0.3 is 0 Å². The number of fused-ring (bicyclic) bond motifs is 3. The van der Waals surface area contributed by atoms with E-state index in [4.69, 9.17) is 11.6 Å². The number of rotatable bonds is 1. The molecule has 2 saturated heterocycles. The highest BCUT2D eigenvalue weighted by Gasteiger charge is 2.38. The number of nitrogens with zero attached hydrogens (tertiary/aromatic N) is 2. The standard InChI is InChI=1S/C17H18ClN3O/c18-12-3-1-11-2-6-15(20-16(11)9-12)17(22)21-13-4-5-14(21)10-19-8-7-13/h1-3,6,9,13-14,19H,4-5,7-8,10H2. The first kappa shape index (κ1) is 14.0. The van der Waals surface area contributed by atoms with Gasteiger partial charge in [0.1, 0.15) is 5.69 Å². The monoisotopic (exact) mass is 315 g/mol. The second-order valence-electron chi connectivity index (χ2n) is 6.12. The summed E-state index contributed by atoms with van der Waals surface area (Å²) in [6.07, 6.45) is 3.22. The average Bonchev–Trinajstić information content (AvgIpc) is 2.78. The van der Waals surface area contributed by atoms with Gasteiger partial charge in [0, 0.05) is 29.0 Å². The molecular formula is C17H18ClN3O.